The predicted molar refractivity (Wildman–Crippen MR) is 94.7 cm³/mol. The average molecular weight is 350 g/mol. The first kappa shape index (κ1) is 17.9. The molecule has 0 radical (unpaired) electrons. The van der Waals surface area contributed by atoms with Gasteiger partial charge in [-0.05, 0) is 73.0 Å². The number of carbonyl (C=O) groups is 1. The van der Waals surface area contributed by atoms with Crippen molar-refractivity contribution in [3.63, 3.8) is 0 Å². The van der Waals surface area contributed by atoms with Gasteiger partial charge in [0.05, 0.1) is 12.2 Å². The molecule has 0 aliphatic heterocycles. The topological polar surface area (TPSA) is 77.8 Å². The second-order valence-electron chi connectivity index (χ2n) is 9.99. The third-order valence-electron chi connectivity index (χ3n) is 9.20. The molecule has 0 amide bonds. The van der Waals surface area contributed by atoms with Gasteiger partial charge in [0.15, 0.2) is 0 Å². The summed E-state index contributed by atoms with van der Waals surface area (Å²) in [7, 11) is 0. The highest BCUT2D eigenvalue weighted by molar-refractivity contribution is 5.84. The van der Waals surface area contributed by atoms with Crippen LogP contribution in [0.1, 0.15) is 65.7 Å². The van der Waals surface area contributed by atoms with Gasteiger partial charge >= 0.3 is 0 Å². The van der Waals surface area contributed by atoms with Gasteiger partial charge in [-0.25, -0.2) is 0 Å². The molecule has 0 unspecified atom stereocenters. The zero-order valence-electron chi connectivity index (χ0n) is 15.8. The lowest BCUT2D eigenvalue weighted by Gasteiger charge is -2.62. The summed E-state index contributed by atoms with van der Waals surface area (Å²) in [4.78, 5) is 12.6. The Balaban J connectivity index is 1.66. The first-order chi connectivity index (χ1) is 11.7. The van der Waals surface area contributed by atoms with Crippen molar-refractivity contribution in [1.29, 1.82) is 0 Å². The van der Waals surface area contributed by atoms with Gasteiger partial charge < -0.3 is 15.3 Å². The lowest BCUT2D eigenvalue weighted by atomic mass is 9.44. The number of ketones is 1. The second-order valence-corrected chi connectivity index (χ2v) is 9.99. The number of aliphatic hydroxyl groups is 3. The Bertz CT molecular complexity index is 562. The molecule has 0 spiro atoms. The molecular weight excluding hydrogens is 316 g/mol. The molecule has 25 heavy (non-hydrogen) atoms. The Hall–Kier alpha value is -0.450. The van der Waals surface area contributed by atoms with Crippen molar-refractivity contribution in [3.05, 3.63) is 0 Å². The third kappa shape index (κ3) is 2.26. The van der Waals surface area contributed by atoms with E-state index in [1.165, 1.54) is 0 Å². The maximum absolute atomic E-state index is 12.6. The molecule has 4 fully saturated rings. The van der Waals surface area contributed by atoms with E-state index in [0.717, 1.165) is 38.5 Å². The third-order valence-corrected chi connectivity index (χ3v) is 9.20. The molecule has 4 aliphatic carbocycles. The number of fused-ring (bicyclic) bond motifs is 5. The molecule has 142 valence electrons. The highest BCUT2D eigenvalue weighted by Gasteiger charge is 2.63. The Kier molecular flexibility index (Phi) is 4.14. The van der Waals surface area contributed by atoms with Crippen LogP contribution < -0.4 is 0 Å². The summed E-state index contributed by atoms with van der Waals surface area (Å²) in [6.45, 7) is 6.72. The highest BCUT2D eigenvalue weighted by atomic mass is 16.4. The molecule has 10 atom stereocenters. The van der Waals surface area contributed by atoms with Crippen molar-refractivity contribution in [3.8, 4) is 0 Å². The van der Waals surface area contributed by atoms with Crippen LogP contribution in [-0.4, -0.2) is 39.4 Å². The smallest absolute Gasteiger partial charge is 0.136 e. The summed E-state index contributed by atoms with van der Waals surface area (Å²) >= 11 is 0. The molecule has 4 nitrogen and oxygen atoms in total. The molecule has 0 heterocycles. The van der Waals surface area contributed by atoms with Crippen LogP contribution in [0.4, 0.5) is 0 Å². The molecule has 0 aromatic carbocycles. The molecule has 4 heteroatoms. The van der Waals surface area contributed by atoms with Crippen molar-refractivity contribution >= 4 is 5.78 Å². The van der Waals surface area contributed by atoms with E-state index in [4.69, 9.17) is 0 Å². The Morgan fingerprint density at radius 3 is 2.36 bits per heavy atom. The minimum Gasteiger partial charge on any atom is -0.390 e. The molecule has 0 aromatic heterocycles. The van der Waals surface area contributed by atoms with E-state index in [1.54, 1.807) is 0 Å². The fraction of sp³-hybridized carbons (Fsp3) is 0.952. The minimum atomic E-state index is -1.01. The van der Waals surface area contributed by atoms with Gasteiger partial charge in [0.2, 0.25) is 0 Å². The fourth-order valence-electron chi connectivity index (χ4n) is 7.97. The van der Waals surface area contributed by atoms with Crippen LogP contribution in [0.3, 0.4) is 0 Å². The van der Waals surface area contributed by atoms with E-state index in [1.807, 2.05) is 0 Å². The SMILES string of the molecule is CC[C@@H]1C(=O)C[C@H]2[C@H]3CC[C@H]4[C@@H](O)[C@@H](O)[C@@H](O)C[C@]4(C)[C@@H]3CC[C@]12C. The first-order valence-electron chi connectivity index (χ1n) is 10.3. The molecule has 0 bridgehead atoms. The zero-order valence-corrected chi connectivity index (χ0v) is 15.8. The average Bonchev–Trinajstić information content (AvgIpc) is 2.82. The van der Waals surface area contributed by atoms with Gasteiger partial charge in [-0.3, -0.25) is 4.79 Å². The summed E-state index contributed by atoms with van der Waals surface area (Å²) in [5.41, 5.74) is 0.0112. The maximum Gasteiger partial charge on any atom is 0.136 e. The van der Waals surface area contributed by atoms with Crippen LogP contribution in [-0.2, 0) is 4.79 Å². The van der Waals surface area contributed by atoms with Crippen LogP contribution >= 0.6 is 0 Å². The van der Waals surface area contributed by atoms with Gasteiger partial charge in [-0.15, -0.1) is 0 Å². The molecule has 4 rings (SSSR count). The van der Waals surface area contributed by atoms with Crippen molar-refractivity contribution in [2.75, 3.05) is 0 Å². The van der Waals surface area contributed by atoms with Crippen molar-refractivity contribution in [2.45, 2.75) is 84.0 Å². The quantitative estimate of drug-likeness (QED) is 0.679. The van der Waals surface area contributed by atoms with E-state index in [2.05, 4.69) is 20.8 Å². The van der Waals surface area contributed by atoms with Crippen LogP contribution in [0.5, 0.6) is 0 Å². The predicted octanol–water partition coefficient (Wildman–Crippen LogP) is 2.54. The first-order valence-corrected chi connectivity index (χ1v) is 10.3. The van der Waals surface area contributed by atoms with Crippen LogP contribution in [0.2, 0.25) is 0 Å². The molecular formula is C21H34O4. The van der Waals surface area contributed by atoms with Gasteiger partial charge in [-0.2, -0.15) is 0 Å². The van der Waals surface area contributed by atoms with Crippen LogP contribution in [0, 0.1) is 40.4 Å². The number of hydrogen-bond donors (Lipinski definition) is 3. The van der Waals surface area contributed by atoms with Crippen molar-refractivity contribution < 1.29 is 20.1 Å². The molecule has 4 aliphatic rings. The lowest BCUT2D eigenvalue weighted by molar-refractivity contribution is -0.207. The second kappa shape index (κ2) is 5.77. The highest BCUT2D eigenvalue weighted by Crippen LogP contribution is 2.67. The lowest BCUT2D eigenvalue weighted by Crippen LogP contribution is -2.61. The Labute approximate surface area is 151 Å². The van der Waals surface area contributed by atoms with Gasteiger partial charge in [0, 0.05) is 12.3 Å². The molecule has 0 aromatic rings. The minimum absolute atomic E-state index is 0.0654. The summed E-state index contributed by atoms with van der Waals surface area (Å²) in [6.07, 6.45) is 3.71. The molecule has 4 saturated carbocycles. The Morgan fingerprint density at radius 2 is 1.68 bits per heavy atom. The number of carbonyl (C=O) groups excluding carboxylic acids is 1. The van der Waals surface area contributed by atoms with Crippen LogP contribution in [0.15, 0.2) is 0 Å². The van der Waals surface area contributed by atoms with Crippen molar-refractivity contribution in [1.82, 2.24) is 0 Å². The Morgan fingerprint density at radius 1 is 0.960 bits per heavy atom. The van der Waals surface area contributed by atoms with Gasteiger partial charge in [0.1, 0.15) is 11.9 Å². The summed E-state index contributed by atoms with van der Waals surface area (Å²) < 4.78 is 0. The molecule has 0 saturated heterocycles. The number of Topliss-reactive ketones (excluding diaryl/α,β-unsaturated/α-hetero) is 1. The van der Waals surface area contributed by atoms with E-state index in [-0.39, 0.29) is 22.7 Å². The standard InChI is InChI=1S/C21H34O4/c1-4-12-16(22)9-15-11-5-6-14-18(24)19(25)17(23)10-21(14,3)13(11)7-8-20(12,15)2/h11-15,17-19,23-25H,4-10H2,1-3H3/t11-,12+,13+,14-,15-,17-,18+,19-,20+,21+/m0/s1. The van der Waals surface area contributed by atoms with Crippen LogP contribution in [0.25, 0.3) is 0 Å². The summed E-state index contributed by atoms with van der Waals surface area (Å²) in [6, 6.07) is 0. The van der Waals surface area contributed by atoms with E-state index >= 15 is 0 Å². The monoisotopic (exact) mass is 350 g/mol. The normalized spacial score (nSPS) is 58.4. The number of aliphatic hydroxyl groups excluding tert-OH is 3. The summed E-state index contributed by atoms with van der Waals surface area (Å²) in [5.74, 6) is 2.17. The number of rotatable bonds is 1. The van der Waals surface area contributed by atoms with E-state index in [0.29, 0.717) is 30.0 Å². The van der Waals surface area contributed by atoms with E-state index in [9.17, 15) is 20.1 Å². The van der Waals surface area contributed by atoms with Crippen molar-refractivity contribution in [2.24, 2.45) is 40.4 Å². The number of hydrogen-bond acceptors (Lipinski definition) is 4. The maximum atomic E-state index is 12.6. The fourth-order valence-corrected chi connectivity index (χ4v) is 7.97. The largest absolute Gasteiger partial charge is 0.390 e. The van der Waals surface area contributed by atoms with E-state index < -0.39 is 18.3 Å². The van der Waals surface area contributed by atoms with Gasteiger partial charge in [-0.1, -0.05) is 20.8 Å². The zero-order chi connectivity index (χ0) is 18.1. The van der Waals surface area contributed by atoms with Gasteiger partial charge in [0.25, 0.3) is 0 Å². The summed E-state index contributed by atoms with van der Waals surface area (Å²) in [5, 5.41) is 31.1. The molecule has 3 N–H and O–H groups in total.